The van der Waals surface area contributed by atoms with Crippen LogP contribution in [-0.2, 0) is 14.9 Å². The van der Waals surface area contributed by atoms with Crippen LogP contribution in [0.15, 0.2) is 29.4 Å². The van der Waals surface area contributed by atoms with Gasteiger partial charge >= 0.3 is 16.3 Å². The molecule has 1 aromatic carbocycles. The number of carbonyl (C=O) groups excluding carboxylic acids is 1. The number of ether oxygens (including phenoxy) is 1. The van der Waals surface area contributed by atoms with Crippen molar-refractivity contribution in [2.24, 2.45) is 10.9 Å². The van der Waals surface area contributed by atoms with E-state index in [1.165, 1.54) is 24.3 Å². The molecule has 104 valence electrons. The highest BCUT2D eigenvalue weighted by atomic mass is 32.2. The van der Waals surface area contributed by atoms with Crippen LogP contribution in [0.4, 0.5) is 10.5 Å². The molecule has 0 fully saturated rings. The minimum Gasteiger partial charge on any atom is -0.452 e. The lowest BCUT2D eigenvalue weighted by molar-refractivity contribution is 0.177. The molecule has 0 atom stereocenters. The Balaban J connectivity index is 2.91. The predicted octanol–water partition coefficient (Wildman–Crippen LogP) is -0.206. The van der Waals surface area contributed by atoms with E-state index in [1.807, 2.05) is 0 Å². The van der Waals surface area contributed by atoms with Gasteiger partial charge in [0.1, 0.15) is 0 Å². The van der Waals surface area contributed by atoms with Crippen LogP contribution in [-0.4, -0.2) is 32.7 Å². The van der Waals surface area contributed by atoms with Gasteiger partial charge in [0, 0.05) is 5.56 Å². The Bertz CT molecular complexity index is 598. The average Bonchev–Trinajstić information content (AvgIpc) is 2.36. The van der Waals surface area contributed by atoms with Gasteiger partial charge in [0.2, 0.25) is 0 Å². The first-order valence-electron chi connectivity index (χ1n) is 4.84. The van der Waals surface area contributed by atoms with Crippen LogP contribution in [0.1, 0.15) is 5.56 Å². The molecule has 0 spiro atoms. The molecule has 9 nitrogen and oxygen atoms in total. The van der Waals surface area contributed by atoms with Gasteiger partial charge in [0.15, 0.2) is 5.84 Å². The van der Waals surface area contributed by atoms with Crippen molar-refractivity contribution in [3.05, 3.63) is 29.8 Å². The van der Waals surface area contributed by atoms with Crippen molar-refractivity contribution < 1.29 is 23.2 Å². The third kappa shape index (κ3) is 4.35. The van der Waals surface area contributed by atoms with Gasteiger partial charge in [-0.1, -0.05) is 17.3 Å². The molecule has 1 rings (SSSR count). The number of nitrogens with zero attached hydrogens (tertiary/aromatic N) is 1. The SMILES string of the molecule is COC(=O)NS(=O)(=O)Nc1cccc(/C(N)=N/O)c1. The van der Waals surface area contributed by atoms with Gasteiger partial charge < -0.3 is 15.7 Å². The molecule has 1 amide bonds. The first-order chi connectivity index (χ1) is 8.88. The van der Waals surface area contributed by atoms with Gasteiger partial charge in [-0.3, -0.25) is 4.72 Å². The maximum absolute atomic E-state index is 11.5. The Morgan fingerprint density at radius 2 is 2.16 bits per heavy atom. The van der Waals surface area contributed by atoms with Gasteiger partial charge in [-0.05, 0) is 12.1 Å². The molecular weight excluding hydrogens is 276 g/mol. The second-order valence-corrected chi connectivity index (χ2v) is 4.68. The van der Waals surface area contributed by atoms with Crippen LogP contribution < -0.4 is 15.2 Å². The topological polar surface area (TPSA) is 143 Å². The molecular formula is C9H12N4O5S. The highest BCUT2D eigenvalue weighted by molar-refractivity contribution is 7.91. The monoisotopic (exact) mass is 288 g/mol. The van der Waals surface area contributed by atoms with E-state index in [0.29, 0.717) is 5.56 Å². The molecule has 0 radical (unpaired) electrons. The third-order valence-electron chi connectivity index (χ3n) is 1.92. The summed E-state index contributed by atoms with van der Waals surface area (Å²) < 4.78 is 30.8. The number of amidine groups is 1. The molecule has 0 saturated carbocycles. The lowest BCUT2D eigenvalue weighted by atomic mass is 10.2. The van der Waals surface area contributed by atoms with Crippen LogP contribution in [0.3, 0.4) is 0 Å². The smallest absolute Gasteiger partial charge is 0.422 e. The molecule has 5 N–H and O–H groups in total. The van der Waals surface area contributed by atoms with Gasteiger partial charge in [-0.25, -0.2) is 9.52 Å². The van der Waals surface area contributed by atoms with Crippen molar-refractivity contribution >= 4 is 27.8 Å². The van der Waals surface area contributed by atoms with E-state index in [4.69, 9.17) is 10.9 Å². The summed E-state index contributed by atoms with van der Waals surface area (Å²) in [7, 11) is -3.08. The Hall–Kier alpha value is -2.49. The fourth-order valence-corrected chi connectivity index (χ4v) is 1.92. The van der Waals surface area contributed by atoms with E-state index in [2.05, 4.69) is 14.6 Å². The summed E-state index contributed by atoms with van der Waals surface area (Å²) >= 11 is 0. The zero-order chi connectivity index (χ0) is 14.5. The number of nitrogens with two attached hydrogens (primary N) is 1. The largest absolute Gasteiger partial charge is 0.452 e. The van der Waals surface area contributed by atoms with E-state index < -0.39 is 16.3 Å². The Kier molecular flexibility index (Phi) is 4.53. The highest BCUT2D eigenvalue weighted by Crippen LogP contribution is 2.11. The zero-order valence-electron chi connectivity index (χ0n) is 9.82. The number of nitrogens with one attached hydrogen (secondary N) is 2. The molecule has 0 aromatic heterocycles. The molecule has 0 heterocycles. The molecule has 19 heavy (non-hydrogen) atoms. The van der Waals surface area contributed by atoms with E-state index in [1.54, 1.807) is 4.72 Å². The summed E-state index contributed by atoms with van der Waals surface area (Å²) in [5.41, 5.74) is 5.79. The van der Waals surface area contributed by atoms with E-state index in [9.17, 15) is 13.2 Å². The summed E-state index contributed by atoms with van der Waals surface area (Å²) in [5.74, 6) is -0.179. The first-order valence-corrected chi connectivity index (χ1v) is 6.32. The first kappa shape index (κ1) is 14.6. The molecule has 0 aliphatic carbocycles. The summed E-state index contributed by atoms with van der Waals surface area (Å²) in [5, 5.41) is 11.3. The van der Waals surface area contributed by atoms with Gasteiger partial charge in [0.25, 0.3) is 0 Å². The number of rotatable bonds is 4. The number of carbonyl (C=O) groups is 1. The molecule has 0 unspecified atom stereocenters. The molecule has 10 heteroatoms. The van der Waals surface area contributed by atoms with Crippen molar-refractivity contribution in [2.75, 3.05) is 11.8 Å². The van der Waals surface area contributed by atoms with Crippen LogP contribution in [0, 0.1) is 0 Å². The Labute approximate surface area is 109 Å². The normalized spacial score (nSPS) is 11.7. The van der Waals surface area contributed by atoms with E-state index >= 15 is 0 Å². The number of oxime groups is 1. The van der Waals surface area contributed by atoms with Crippen molar-refractivity contribution in [1.82, 2.24) is 4.72 Å². The highest BCUT2D eigenvalue weighted by Gasteiger charge is 2.14. The van der Waals surface area contributed by atoms with Crippen LogP contribution in [0.5, 0.6) is 0 Å². The summed E-state index contributed by atoms with van der Waals surface area (Å²) in [6, 6.07) is 5.75. The lowest BCUT2D eigenvalue weighted by Gasteiger charge is -2.09. The minimum atomic E-state index is -4.11. The zero-order valence-corrected chi connectivity index (χ0v) is 10.6. The standard InChI is InChI=1S/C9H12N4O5S/c1-18-9(14)13-19(16,17)12-7-4-2-3-6(5-7)8(10)11-15/h2-5,12,15H,1H3,(H2,10,11)(H,13,14). The minimum absolute atomic E-state index is 0.125. The van der Waals surface area contributed by atoms with Crippen LogP contribution in [0.25, 0.3) is 0 Å². The van der Waals surface area contributed by atoms with Crippen molar-refractivity contribution in [2.45, 2.75) is 0 Å². The molecule has 0 bridgehead atoms. The number of anilines is 1. The van der Waals surface area contributed by atoms with E-state index in [-0.39, 0.29) is 11.5 Å². The summed E-state index contributed by atoms with van der Waals surface area (Å²) in [4.78, 5) is 10.8. The fraction of sp³-hybridized carbons (Fsp3) is 0.111. The quantitative estimate of drug-likeness (QED) is 0.261. The molecule has 0 aliphatic rings. The average molecular weight is 288 g/mol. The Morgan fingerprint density at radius 3 is 2.74 bits per heavy atom. The van der Waals surface area contributed by atoms with Crippen LogP contribution >= 0.6 is 0 Å². The summed E-state index contributed by atoms with van der Waals surface area (Å²) in [6.45, 7) is 0. The van der Waals surface area contributed by atoms with Crippen LogP contribution in [0.2, 0.25) is 0 Å². The van der Waals surface area contributed by atoms with Gasteiger partial charge in [-0.2, -0.15) is 8.42 Å². The predicted molar refractivity (Wildman–Crippen MR) is 67.0 cm³/mol. The molecule has 1 aromatic rings. The lowest BCUT2D eigenvalue weighted by Crippen LogP contribution is -2.35. The molecule has 0 aliphatic heterocycles. The fourth-order valence-electron chi connectivity index (χ4n) is 1.13. The maximum atomic E-state index is 11.5. The van der Waals surface area contributed by atoms with Crippen molar-refractivity contribution in [3.63, 3.8) is 0 Å². The molecule has 0 saturated heterocycles. The van der Waals surface area contributed by atoms with E-state index in [0.717, 1.165) is 7.11 Å². The summed E-state index contributed by atoms with van der Waals surface area (Å²) in [6.07, 6.45) is -1.12. The maximum Gasteiger partial charge on any atom is 0.422 e. The Morgan fingerprint density at radius 1 is 1.47 bits per heavy atom. The number of hydrogen-bond donors (Lipinski definition) is 4. The third-order valence-corrected chi connectivity index (χ3v) is 2.86. The number of amides is 1. The van der Waals surface area contributed by atoms with Gasteiger partial charge in [0.05, 0.1) is 12.8 Å². The number of hydrogen-bond acceptors (Lipinski definition) is 6. The van der Waals surface area contributed by atoms with Crippen molar-refractivity contribution in [3.8, 4) is 0 Å². The second kappa shape index (κ2) is 5.91. The van der Waals surface area contributed by atoms with Crippen molar-refractivity contribution in [1.29, 1.82) is 0 Å². The van der Waals surface area contributed by atoms with Gasteiger partial charge in [-0.15, -0.1) is 0 Å². The number of benzene rings is 1. The number of methoxy groups -OCH3 is 1. The second-order valence-electron chi connectivity index (χ2n) is 3.27.